The summed E-state index contributed by atoms with van der Waals surface area (Å²) in [6.45, 7) is -0.333. The first-order valence-electron chi connectivity index (χ1n) is 9.83. The number of carbonyl (C=O) groups excluding carboxylic acids is 2. The quantitative estimate of drug-likeness (QED) is 0.426. The van der Waals surface area contributed by atoms with E-state index < -0.39 is 45.3 Å². The van der Waals surface area contributed by atoms with Crippen LogP contribution in [-0.4, -0.2) is 70.0 Å². The van der Waals surface area contributed by atoms with E-state index >= 15 is 0 Å². The van der Waals surface area contributed by atoms with Crippen LogP contribution in [0.1, 0.15) is 31.3 Å². The molecule has 4 rings (SSSR count). The zero-order chi connectivity index (χ0) is 24.8. The number of aromatic nitrogens is 2. The van der Waals surface area contributed by atoms with Gasteiger partial charge in [-0.1, -0.05) is 11.3 Å². The van der Waals surface area contributed by atoms with Crippen LogP contribution in [0.2, 0.25) is 0 Å². The fourth-order valence-electron chi connectivity index (χ4n) is 3.60. The van der Waals surface area contributed by atoms with Crippen molar-refractivity contribution in [2.45, 2.75) is 17.9 Å². The number of sulfone groups is 1. The number of hydrogen-bond acceptors (Lipinski definition) is 9. The van der Waals surface area contributed by atoms with E-state index in [1.54, 1.807) is 4.90 Å². The molecule has 12 nitrogen and oxygen atoms in total. The first-order chi connectivity index (χ1) is 16.0. The number of carboxylic acids is 1. The summed E-state index contributed by atoms with van der Waals surface area (Å²) in [4.78, 5) is 55.1. The number of carbonyl (C=O) groups is 3. The Labute approximate surface area is 196 Å². The van der Waals surface area contributed by atoms with Crippen LogP contribution in [0, 0.1) is 0 Å². The van der Waals surface area contributed by atoms with Crippen LogP contribution in [-0.2, 0) is 27.6 Å². The van der Waals surface area contributed by atoms with Gasteiger partial charge < -0.3 is 20.4 Å². The Morgan fingerprint density at radius 2 is 1.88 bits per heavy atom. The molecule has 1 aliphatic heterocycles. The molecule has 178 valence electrons. The number of aliphatic carboxylic acids is 1. The third kappa shape index (κ3) is 4.24. The molecule has 0 aliphatic carbocycles. The standard InChI is InChI=1S/C20H18N4O8S2/c1-34(31,32)11-4-2-10(3-5-11)18(29)23-7-6-12-13(9-23)33-20-22-17(28)15(19(30)24(12)20)16(27)21-8-14(25)26/h2-5,28H,6-9H2,1H3,(H,21,27)(H,25,26). The van der Waals surface area contributed by atoms with E-state index in [2.05, 4.69) is 4.98 Å². The minimum Gasteiger partial charge on any atom is -0.492 e. The summed E-state index contributed by atoms with van der Waals surface area (Å²) in [5.74, 6) is -3.51. The molecule has 1 aromatic carbocycles. The van der Waals surface area contributed by atoms with Gasteiger partial charge in [-0.2, -0.15) is 4.98 Å². The minimum atomic E-state index is -3.39. The van der Waals surface area contributed by atoms with Crippen molar-refractivity contribution in [3.8, 4) is 5.88 Å². The Morgan fingerprint density at radius 3 is 2.50 bits per heavy atom. The van der Waals surface area contributed by atoms with Gasteiger partial charge in [0.25, 0.3) is 17.4 Å². The molecular formula is C20H18N4O8S2. The van der Waals surface area contributed by atoms with Crippen LogP contribution >= 0.6 is 11.3 Å². The molecule has 34 heavy (non-hydrogen) atoms. The third-order valence-corrected chi connectivity index (χ3v) is 7.43. The summed E-state index contributed by atoms with van der Waals surface area (Å²) in [5.41, 5.74) is -0.647. The summed E-state index contributed by atoms with van der Waals surface area (Å²) in [7, 11) is -3.39. The molecule has 0 bridgehead atoms. The van der Waals surface area contributed by atoms with E-state index in [0.29, 0.717) is 16.1 Å². The number of nitrogens with zero attached hydrogens (tertiary/aromatic N) is 3. The molecule has 2 aromatic heterocycles. The maximum absolute atomic E-state index is 13.0. The molecule has 0 spiro atoms. The molecule has 0 unspecified atom stereocenters. The smallest absolute Gasteiger partial charge is 0.322 e. The first kappa shape index (κ1) is 23.4. The number of amides is 2. The summed E-state index contributed by atoms with van der Waals surface area (Å²) < 4.78 is 24.4. The number of rotatable bonds is 5. The van der Waals surface area contributed by atoms with Crippen molar-refractivity contribution >= 4 is 43.9 Å². The fourth-order valence-corrected chi connectivity index (χ4v) is 5.40. The minimum absolute atomic E-state index is 0.0999. The highest BCUT2D eigenvalue weighted by molar-refractivity contribution is 7.90. The van der Waals surface area contributed by atoms with Crippen molar-refractivity contribution in [2.75, 3.05) is 19.3 Å². The molecule has 0 saturated carbocycles. The molecule has 3 N–H and O–H groups in total. The second-order valence-corrected chi connectivity index (χ2v) is 10.6. The average Bonchev–Trinajstić information content (AvgIpc) is 3.14. The molecule has 0 fully saturated rings. The lowest BCUT2D eigenvalue weighted by atomic mass is 10.1. The molecule has 0 atom stereocenters. The van der Waals surface area contributed by atoms with Gasteiger partial charge in [0.1, 0.15) is 6.54 Å². The van der Waals surface area contributed by atoms with E-state index in [0.717, 1.165) is 17.6 Å². The van der Waals surface area contributed by atoms with Gasteiger partial charge in [-0.05, 0) is 24.3 Å². The number of hydrogen-bond donors (Lipinski definition) is 3. The fraction of sp³-hybridized carbons (Fsp3) is 0.250. The van der Waals surface area contributed by atoms with Gasteiger partial charge in [0, 0.05) is 35.4 Å². The van der Waals surface area contributed by atoms with E-state index in [4.69, 9.17) is 5.11 Å². The van der Waals surface area contributed by atoms with Crippen LogP contribution in [0.25, 0.3) is 4.96 Å². The molecule has 3 heterocycles. The van der Waals surface area contributed by atoms with Crippen LogP contribution in [0.3, 0.4) is 0 Å². The molecular weight excluding hydrogens is 488 g/mol. The number of aromatic hydroxyl groups is 1. The second-order valence-electron chi connectivity index (χ2n) is 7.56. The van der Waals surface area contributed by atoms with Gasteiger partial charge in [0.15, 0.2) is 15.4 Å². The van der Waals surface area contributed by atoms with E-state index in [1.165, 1.54) is 28.7 Å². The molecule has 0 saturated heterocycles. The zero-order valence-electron chi connectivity index (χ0n) is 17.6. The van der Waals surface area contributed by atoms with Crippen LogP contribution in [0.4, 0.5) is 0 Å². The van der Waals surface area contributed by atoms with Crippen LogP contribution in [0.5, 0.6) is 5.88 Å². The van der Waals surface area contributed by atoms with Gasteiger partial charge >= 0.3 is 5.97 Å². The highest BCUT2D eigenvalue weighted by Crippen LogP contribution is 2.29. The molecule has 14 heteroatoms. The Hall–Kier alpha value is -3.78. The van der Waals surface area contributed by atoms with Gasteiger partial charge in [-0.25, -0.2) is 8.42 Å². The number of thiazole rings is 1. The Morgan fingerprint density at radius 1 is 1.21 bits per heavy atom. The molecule has 1 aliphatic rings. The number of benzene rings is 1. The van der Waals surface area contributed by atoms with Crippen molar-refractivity contribution in [2.24, 2.45) is 0 Å². The molecule has 2 amide bonds. The van der Waals surface area contributed by atoms with Crippen molar-refractivity contribution in [3.63, 3.8) is 0 Å². The Kier molecular flexibility index (Phi) is 5.87. The van der Waals surface area contributed by atoms with Gasteiger partial charge in [-0.3, -0.25) is 23.6 Å². The number of nitrogens with one attached hydrogen (secondary N) is 1. The van der Waals surface area contributed by atoms with Crippen molar-refractivity contribution in [3.05, 3.63) is 56.3 Å². The second kappa shape index (κ2) is 8.53. The van der Waals surface area contributed by atoms with Gasteiger partial charge in [0.05, 0.1) is 11.4 Å². The molecule has 3 aromatic rings. The zero-order valence-corrected chi connectivity index (χ0v) is 19.3. The lowest BCUT2D eigenvalue weighted by Gasteiger charge is -2.26. The maximum Gasteiger partial charge on any atom is 0.322 e. The van der Waals surface area contributed by atoms with Crippen LogP contribution in [0.15, 0.2) is 34.0 Å². The summed E-state index contributed by atoms with van der Waals surface area (Å²) in [6, 6.07) is 5.59. The van der Waals surface area contributed by atoms with Crippen molar-refractivity contribution in [1.82, 2.24) is 19.6 Å². The summed E-state index contributed by atoms with van der Waals surface area (Å²) in [6.07, 6.45) is 1.34. The Bertz CT molecular complexity index is 1510. The van der Waals surface area contributed by atoms with E-state index in [9.17, 15) is 32.7 Å². The van der Waals surface area contributed by atoms with Crippen molar-refractivity contribution in [1.29, 1.82) is 0 Å². The lowest BCUT2D eigenvalue weighted by Crippen LogP contribution is -2.37. The predicted molar refractivity (Wildman–Crippen MR) is 119 cm³/mol. The molecule has 0 radical (unpaired) electrons. The Balaban J connectivity index is 1.64. The van der Waals surface area contributed by atoms with Crippen molar-refractivity contribution < 1.29 is 33.0 Å². The predicted octanol–water partition coefficient (Wildman–Crippen LogP) is -0.122. The van der Waals surface area contributed by atoms with E-state index in [1.807, 2.05) is 5.32 Å². The summed E-state index contributed by atoms with van der Waals surface area (Å²) in [5, 5.41) is 20.9. The maximum atomic E-state index is 13.0. The van der Waals surface area contributed by atoms with Gasteiger partial charge in [-0.15, -0.1) is 0 Å². The lowest BCUT2D eigenvalue weighted by molar-refractivity contribution is -0.135. The summed E-state index contributed by atoms with van der Waals surface area (Å²) >= 11 is 1.08. The third-order valence-electron chi connectivity index (χ3n) is 5.24. The largest absolute Gasteiger partial charge is 0.492 e. The number of fused-ring (bicyclic) bond motifs is 3. The van der Waals surface area contributed by atoms with E-state index in [-0.39, 0.29) is 35.3 Å². The monoisotopic (exact) mass is 506 g/mol. The SMILES string of the molecule is CS(=O)(=O)c1ccc(C(=O)N2CCc3c(sc4nc(O)c(C(=O)NCC(=O)O)c(=O)n34)C2)cc1. The number of carboxylic acid groups (broad SMARTS) is 1. The highest BCUT2D eigenvalue weighted by Gasteiger charge is 2.29. The first-order valence-corrected chi connectivity index (χ1v) is 12.5. The van der Waals surface area contributed by atoms with Gasteiger partial charge in [0.2, 0.25) is 10.8 Å². The highest BCUT2D eigenvalue weighted by atomic mass is 32.2. The average molecular weight is 507 g/mol. The topological polar surface area (TPSA) is 175 Å². The van der Waals surface area contributed by atoms with Crippen LogP contribution < -0.4 is 10.9 Å². The normalized spacial score (nSPS) is 13.5.